The fraction of sp³-hybridized carbons (Fsp3) is 0.231. The van der Waals surface area contributed by atoms with Crippen LogP contribution >= 0.6 is 0 Å². The average molecular weight is 265 g/mol. The van der Waals surface area contributed by atoms with E-state index in [1.54, 1.807) is 6.92 Å². The molecule has 0 aliphatic rings. The highest BCUT2D eigenvalue weighted by Gasteiger charge is 2.23. The molecule has 6 heteroatoms. The first-order valence-electron chi connectivity index (χ1n) is 5.59. The summed E-state index contributed by atoms with van der Waals surface area (Å²) in [6.07, 6.45) is -1.06. The van der Waals surface area contributed by atoms with Crippen molar-refractivity contribution in [1.82, 2.24) is 0 Å². The van der Waals surface area contributed by atoms with E-state index in [9.17, 15) is 14.0 Å². The molecular formula is C13H12FNO4. The first-order chi connectivity index (χ1) is 8.90. The molecule has 2 rings (SSSR count). The Balaban J connectivity index is 2.37. The zero-order valence-electron chi connectivity index (χ0n) is 10.4. The molecule has 0 bridgehead atoms. The van der Waals surface area contributed by atoms with E-state index >= 15 is 0 Å². The lowest BCUT2D eigenvalue weighted by atomic mass is 10.1. The van der Waals surface area contributed by atoms with Crippen LogP contribution in [0.3, 0.4) is 0 Å². The van der Waals surface area contributed by atoms with Crippen LogP contribution in [0, 0.1) is 12.7 Å². The molecule has 0 radical (unpaired) electrons. The number of ether oxygens (including phenoxy) is 1. The first kappa shape index (κ1) is 13.1. The van der Waals surface area contributed by atoms with Gasteiger partial charge in [-0.1, -0.05) is 0 Å². The quantitative estimate of drug-likeness (QED) is 0.859. The molecule has 5 nitrogen and oxygen atoms in total. The Hall–Kier alpha value is -2.37. The Labute approximate surface area is 108 Å². The van der Waals surface area contributed by atoms with Crippen LogP contribution in [0.15, 0.2) is 22.6 Å². The Morgan fingerprint density at radius 1 is 1.42 bits per heavy atom. The molecule has 19 heavy (non-hydrogen) atoms. The fourth-order valence-electron chi connectivity index (χ4n) is 1.66. The highest BCUT2D eigenvalue weighted by atomic mass is 19.1. The summed E-state index contributed by atoms with van der Waals surface area (Å²) < 4.78 is 23.3. The molecule has 2 N–H and O–H groups in total. The number of primary amides is 1. The third kappa shape index (κ3) is 2.42. The highest BCUT2D eigenvalue weighted by Crippen LogP contribution is 2.26. The monoisotopic (exact) mass is 265 g/mol. The predicted octanol–water partition coefficient (Wildman–Crippen LogP) is 1.91. The lowest BCUT2D eigenvalue weighted by Crippen LogP contribution is -2.30. The first-order valence-corrected chi connectivity index (χ1v) is 5.59. The van der Waals surface area contributed by atoms with Crippen molar-refractivity contribution < 1.29 is 23.1 Å². The van der Waals surface area contributed by atoms with Gasteiger partial charge in [-0.3, -0.25) is 4.79 Å². The van der Waals surface area contributed by atoms with Gasteiger partial charge in [-0.2, -0.15) is 0 Å². The number of hydrogen-bond donors (Lipinski definition) is 1. The minimum absolute atomic E-state index is 0.0614. The van der Waals surface area contributed by atoms with Crippen molar-refractivity contribution in [2.24, 2.45) is 5.73 Å². The van der Waals surface area contributed by atoms with Crippen LogP contribution in [-0.2, 0) is 9.53 Å². The molecule has 100 valence electrons. The van der Waals surface area contributed by atoms with Crippen LogP contribution in [0.5, 0.6) is 0 Å². The second kappa shape index (κ2) is 4.72. The smallest absolute Gasteiger partial charge is 0.375 e. The van der Waals surface area contributed by atoms with Crippen molar-refractivity contribution in [3.05, 3.63) is 35.3 Å². The molecule has 1 aromatic carbocycles. The zero-order chi connectivity index (χ0) is 14.2. The van der Waals surface area contributed by atoms with Gasteiger partial charge in [0, 0.05) is 10.9 Å². The highest BCUT2D eigenvalue weighted by molar-refractivity contribution is 5.97. The Kier molecular flexibility index (Phi) is 3.25. The van der Waals surface area contributed by atoms with Crippen LogP contribution in [0.1, 0.15) is 23.0 Å². The molecule has 1 aromatic heterocycles. The summed E-state index contributed by atoms with van der Waals surface area (Å²) in [6.45, 7) is 2.97. The number of benzene rings is 1. The molecule has 2 aromatic rings. The van der Waals surface area contributed by atoms with Gasteiger partial charge in [0.05, 0.1) is 0 Å². The van der Waals surface area contributed by atoms with Crippen molar-refractivity contribution in [2.45, 2.75) is 20.0 Å². The van der Waals surface area contributed by atoms with E-state index < -0.39 is 23.8 Å². The number of carbonyl (C=O) groups excluding carboxylic acids is 2. The molecular weight excluding hydrogens is 253 g/mol. The van der Waals surface area contributed by atoms with Crippen molar-refractivity contribution in [1.29, 1.82) is 0 Å². The molecule has 0 saturated carbocycles. The minimum Gasteiger partial charge on any atom is -0.449 e. The topological polar surface area (TPSA) is 82.5 Å². The number of nitrogens with two attached hydrogens (primary N) is 1. The predicted molar refractivity (Wildman–Crippen MR) is 65.0 cm³/mol. The summed E-state index contributed by atoms with van der Waals surface area (Å²) in [4.78, 5) is 22.7. The Morgan fingerprint density at radius 2 is 2.11 bits per heavy atom. The van der Waals surface area contributed by atoms with Gasteiger partial charge in [0.15, 0.2) is 6.10 Å². The van der Waals surface area contributed by atoms with Gasteiger partial charge in [-0.05, 0) is 32.0 Å². The van der Waals surface area contributed by atoms with Gasteiger partial charge < -0.3 is 14.9 Å². The lowest BCUT2D eigenvalue weighted by Gasteiger charge is -2.07. The molecule has 1 amide bonds. The third-order valence-electron chi connectivity index (χ3n) is 2.77. The summed E-state index contributed by atoms with van der Waals surface area (Å²) >= 11 is 0. The van der Waals surface area contributed by atoms with E-state index in [4.69, 9.17) is 14.9 Å². The summed E-state index contributed by atoms with van der Waals surface area (Å²) in [5.74, 6) is -2.05. The largest absolute Gasteiger partial charge is 0.449 e. The van der Waals surface area contributed by atoms with Gasteiger partial charge in [-0.25, -0.2) is 9.18 Å². The minimum atomic E-state index is -1.06. The van der Waals surface area contributed by atoms with E-state index in [-0.39, 0.29) is 5.76 Å². The van der Waals surface area contributed by atoms with Crippen LogP contribution < -0.4 is 5.73 Å². The van der Waals surface area contributed by atoms with E-state index in [0.717, 1.165) is 0 Å². The van der Waals surface area contributed by atoms with Gasteiger partial charge in [0.1, 0.15) is 11.4 Å². The molecule has 1 unspecified atom stereocenters. The summed E-state index contributed by atoms with van der Waals surface area (Å²) in [6, 6.07) is 3.92. The van der Waals surface area contributed by atoms with Crippen molar-refractivity contribution >= 4 is 22.8 Å². The number of halogens is 1. The summed E-state index contributed by atoms with van der Waals surface area (Å²) in [7, 11) is 0. The second-order valence-electron chi connectivity index (χ2n) is 4.15. The lowest BCUT2D eigenvalue weighted by molar-refractivity contribution is -0.125. The van der Waals surface area contributed by atoms with Gasteiger partial charge in [0.2, 0.25) is 5.76 Å². The maximum Gasteiger partial charge on any atom is 0.375 e. The maximum absolute atomic E-state index is 13.1. The second-order valence-corrected chi connectivity index (χ2v) is 4.15. The van der Waals surface area contributed by atoms with E-state index in [1.165, 1.54) is 25.1 Å². The number of amides is 1. The molecule has 1 atom stereocenters. The van der Waals surface area contributed by atoms with E-state index in [1.807, 2.05) is 0 Å². The Morgan fingerprint density at radius 3 is 2.74 bits per heavy atom. The van der Waals surface area contributed by atoms with Crippen LogP contribution in [0.4, 0.5) is 4.39 Å². The van der Waals surface area contributed by atoms with Gasteiger partial charge >= 0.3 is 5.97 Å². The summed E-state index contributed by atoms with van der Waals surface area (Å²) in [5, 5.41) is 0.485. The number of furan rings is 1. The number of carbonyl (C=O) groups is 2. The SMILES string of the molecule is Cc1c(C(=O)OC(C)C(N)=O)oc2ccc(F)cc12. The average Bonchev–Trinajstić information content (AvgIpc) is 2.66. The molecule has 0 saturated heterocycles. The van der Waals surface area contributed by atoms with Gasteiger partial charge in [0.25, 0.3) is 5.91 Å². The third-order valence-corrected chi connectivity index (χ3v) is 2.77. The van der Waals surface area contributed by atoms with Crippen LogP contribution in [0.2, 0.25) is 0 Å². The van der Waals surface area contributed by atoms with Crippen molar-refractivity contribution in [3.8, 4) is 0 Å². The molecule has 0 fully saturated rings. The van der Waals surface area contributed by atoms with Crippen LogP contribution in [0.25, 0.3) is 11.0 Å². The standard InChI is InChI=1S/C13H12FNO4/c1-6-9-5-8(14)3-4-10(9)19-11(6)13(17)18-7(2)12(15)16/h3-5,7H,1-2H3,(H2,15,16). The summed E-state index contributed by atoms with van der Waals surface area (Å²) in [5.41, 5.74) is 5.83. The number of rotatable bonds is 3. The van der Waals surface area contributed by atoms with E-state index in [0.29, 0.717) is 16.5 Å². The Bertz CT molecular complexity index is 662. The number of aryl methyl sites for hydroxylation is 1. The zero-order valence-corrected chi connectivity index (χ0v) is 10.4. The molecule has 1 heterocycles. The number of esters is 1. The molecule has 0 aliphatic heterocycles. The normalized spacial score (nSPS) is 12.4. The van der Waals surface area contributed by atoms with Gasteiger partial charge in [-0.15, -0.1) is 0 Å². The maximum atomic E-state index is 13.1. The van der Waals surface area contributed by atoms with E-state index in [2.05, 4.69) is 0 Å². The fourth-order valence-corrected chi connectivity index (χ4v) is 1.66. The van der Waals surface area contributed by atoms with Crippen molar-refractivity contribution in [2.75, 3.05) is 0 Å². The number of hydrogen-bond acceptors (Lipinski definition) is 4. The van der Waals surface area contributed by atoms with Crippen LogP contribution in [-0.4, -0.2) is 18.0 Å². The van der Waals surface area contributed by atoms with Crippen molar-refractivity contribution in [3.63, 3.8) is 0 Å². The molecule has 0 aliphatic carbocycles. The number of fused-ring (bicyclic) bond motifs is 1. The molecule has 0 spiro atoms.